The molecule has 0 unspecified atom stereocenters. The van der Waals surface area contributed by atoms with E-state index in [0.717, 1.165) is 43.2 Å². The number of fused-ring (bicyclic) bond motifs is 1. The Hall–Kier alpha value is -0.870. The molecule has 0 fully saturated rings. The van der Waals surface area contributed by atoms with Gasteiger partial charge in [0.25, 0.3) is 0 Å². The fraction of sp³-hybridized carbons (Fsp3) is 0.571. The van der Waals surface area contributed by atoms with E-state index in [-0.39, 0.29) is 6.04 Å². The molecular weight excluding hydrogens is 246 g/mol. The average Bonchev–Trinajstić information content (AvgIpc) is 2.59. The molecule has 4 heteroatoms. The fourth-order valence-corrected chi connectivity index (χ4v) is 4.03. The van der Waals surface area contributed by atoms with E-state index < -0.39 is 10.0 Å². The van der Waals surface area contributed by atoms with E-state index in [0.29, 0.717) is 4.90 Å². The molecule has 0 amide bonds. The van der Waals surface area contributed by atoms with Crippen molar-refractivity contribution in [3.05, 3.63) is 29.3 Å². The summed E-state index contributed by atoms with van der Waals surface area (Å²) in [4.78, 5) is 0.495. The summed E-state index contributed by atoms with van der Waals surface area (Å²) < 4.78 is 26.9. The van der Waals surface area contributed by atoms with E-state index in [9.17, 15) is 8.42 Å². The molecule has 1 aromatic rings. The van der Waals surface area contributed by atoms with Crippen molar-refractivity contribution in [2.45, 2.75) is 56.9 Å². The molecule has 3 nitrogen and oxygen atoms in total. The first-order chi connectivity index (χ1) is 8.58. The molecule has 1 aliphatic heterocycles. The number of nitrogens with one attached hydrogen (secondary N) is 1. The van der Waals surface area contributed by atoms with Gasteiger partial charge in [0.05, 0.1) is 4.90 Å². The lowest BCUT2D eigenvalue weighted by Gasteiger charge is -2.08. The zero-order valence-corrected chi connectivity index (χ0v) is 11.9. The van der Waals surface area contributed by atoms with Gasteiger partial charge >= 0.3 is 0 Å². The van der Waals surface area contributed by atoms with Gasteiger partial charge in [0, 0.05) is 6.04 Å². The number of aryl methyl sites for hydroxylation is 1. The van der Waals surface area contributed by atoms with Crippen molar-refractivity contribution < 1.29 is 8.42 Å². The van der Waals surface area contributed by atoms with Gasteiger partial charge < -0.3 is 0 Å². The predicted molar refractivity (Wildman–Crippen MR) is 73.0 cm³/mol. The molecule has 0 saturated carbocycles. The van der Waals surface area contributed by atoms with Crippen molar-refractivity contribution in [1.82, 2.24) is 4.72 Å². The van der Waals surface area contributed by atoms with Crippen LogP contribution >= 0.6 is 0 Å². The highest BCUT2D eigenvalue weighted by atomic mass is 32.2. The molecule has 2 rings (SSSR count). The second-order valence-corrected chi connectivity index (χ2v) is 6.62. The molecular formula is C14H21NO2S. The van der Waals surface area contributed by atoms with Crippen LogP contribution in [-0.4, -0.2) is 8.42 Å². The Kier molecular flexibility index (Phi) is 4.07. The first kappa shape index (κ1) is 13.6. The van der Waals surface area contributed by atoms with Crippen molar-refractivity contribution in [3.63, 3.8) is 0 Å². The van der Waals surface area contributed by atoms with E-state index in [2.05, 4.69) is 24.6 Å². The van der Waals surface area contributed by atoms with Crippen LogP contribution < -0.4 is 4.72 Å². The van der Waals surface area contributed by atoms with Crippen LogP contribution in [0, 0.1) is 0 Å². The van der Waals surface area contributed by atoms with Gasteiger partial charge in [0.15, 0.2) is 0 Å². The molecule has 0 bridgehead atoms. The smallest absolute Gasteiger partial charge is 0.207 e. The van der Waals surface area contributed by atoms with Crippen LogP contribution in [0.4, 0.5) is 0 Å². The van der Waals surface area contributed by atoms with Crippen LogP contribution in [0.15, 0.2) is 23.1 Å². The molecule has 1 N–H and O–H groups in total. The zero-order valence-electron chi connectivity index (χ0n) is 11.1. The molecule has 18 heavy (non-hydrogen) atoms. The summed E-state index contributed by atoms with van der Waals surface area (Å²) in [5.41, 5.74) is 2.07. The van der Waals surface area contributed by atoms with Gasteiger partial charge in [-0.15, -0.1) is 0 Å². The normalized spacial score (nSPS) is 20.9. The highest BCUT2D eigenvalue weighted by Gasteiger charge is 2.33. The molecule has 0 aromatic heterocycles. The second-order valence-electron chi connectivity index (χ2n) is 4.94. The lowest BCUT2D eigenvalue weighted by Crippen LogP contribution is -2.19. The molecule has 0 spiro atoms. The molecule has 1 heterocycles. The summed E-state index contributed by atoms with van der Waals surface area (Å²) in [5.74, 6) is 0. The van der Waals surface area contributed by atoms with Crippen molar-refractivity contribution in [2.75, 3.05) is 0 Å². The van der Waals surface area contributed by atoms with E-state index >= 15 is 0 Å². The van der Waals surface area contributed by atoms with E-state index in [1.54, 1.807) is 0 Å². The van der Waals surface area contributed by atoms with Crippen LogP contribution in [0.25, 0.3) is 0 Å². The van der Waals surface area contributed by atoms with E-state index in [1.165, 1.54) is 0 Å². The number of sulfonamides is 1. The highest BCUT2D eigenvalue weighted by molar-refractivity contribution is 7.89. The van der Waals surface area contributed by atoms with Crippen LogP contribution in [0.5, 0.6) is 0 Å². The average molecular weight is 267 g/mol. The van der Waals surface area contributed by atoms with Gasteiger partial charge in [-0.3, -0.25) is 0 Å². The molecule has 1 atom stereocenters. The first-order valence-electron chi connectivity index (χ1n) is 6.73. The fourth-order valence-electron chi connectivity index (χ4n) is 2.45. The maximum absolute atomic E-state index is 12.1. The Morgan fingerprint density at radius 3 is 2.67 bits per heavy atom. The second kappa shape index (κ2) is 5.41. The first-order valence-corrected chi connectivity index (χ1v) is 8.22. The molecule has 1 aromatic carbocycles. The van der Waals surface area contributed by atoms with Crippen LogP contribution in [-0.2, 0) is 16.4 Å². The molecule has 0 saturated heterocycles. The number of rotatable bonds is 5. The van der Waals surface area contributed by atoms with Crippen LogP contribution in [0.1, 0.15) is 56.7 Å². The van der Waals surface area contributed by atoms with Gasteiger partial charge in [-0.25, -0.2) is 13.1 Å². The lowest BCUT2D eigenvalue weighted by molar-refractivity contribution is 0.558. The summed E-state index contributed by atoms with van der Waals surface area (Å²) >= 11 is 0. The lowest BCUT2D eigenvalue weighted by atomic mass is 10.00. The highest BCUT2D eigenvalue weighted by Crippen LogP contribution is 2.34. The van der Waals surface area contributed by atoms with Crippen molar-refractivity contribution in [1.29, 1.82) is 0 Å². The van der Waals surface area contributed by atoms with Gasteiger partial charge in [-0.05, 0) is 36.5 Å². The SMILES string of the molecule is CCCCc1ccc2c(c1)S(=O)(=O)N[C@H]2CCC. The summed E-state index contributed by atoms with van der Waals surface area (Å²) in [6, 6.07) is 5.87. The number of unbranched alkanes of at least 4 members (excludes halogenated alkanes) is 1. The topological polar surface area (TPSA) is 46.2 Å². The third-order valence-corrected chi connectivity index (χ3v) is 4.96. The third kappa shape index (κ3) is 2.59. The Balaban J connectivity index is 2.34. The largest absolute Gasteiger partial charge is 0.241 e. The van der Waals surface area contributed by atoms with Gasteiger partial charge in [-0.2, -0.15) is 0 Å². The molecule has 1 aliphatic rings. The quantitative estimate of drug-likeness (QED) is 0.890. The Bertz CT molecular complexity index is 523. The van der Waals surface area contributed by atoms with Crippen molar-refractivity contribution >= 4 is 10.0 Å². The predicted octanol–water partition coefficient (Wildman–Crippen LogP) is 3.16. The minimum absolute atomic E-state index is 0.0322. The molecule has 0 aliphatic carbocycles. The van der Waals surface area contributed by atoms with E-state index in [4.69, 9.17) is 0 Å². The maximum Gasteiger partial charge on any atom is 0.241 e. The summed E-state index contributed by atoms with van der Waals surface area (Å²) in [5, 5.41) is 0. The summed E-state index contributed by atoms with van der Waals surface area (Å²) in [6.07, 6.45) is 5.02. The van der Waals surface area contributed by atoms with Gasteiger partial charge in [0.1, 0.15) is 0 Å². The maximum atomic E-state index is 12.1. The zero-order chi connectivity index (χ0) is 13.2. The van der Waals surface area contributed by atoms with Gasteiger partial charge in [-0.1, -0.05) is 38.8 Å². The van der Waals surface area contributed by atoms with E-state index in [1.807, 2.05) is 12.1 Å². The Labute approximate surface area is 110 Å². The minimum Gasteiger partial charge on any atom is -0.207 e. The third-order valence-electron chi connectivity index (χ3n) is 3.44. The molecule has 100 valence electrons. The van der Waals surface area contributed by atoms with Crippen LogP contribution in [0.2, 0.25) is 0 Å². The van der Waals surface area contributed by atoms with Gasteiger partial charge in [0.2, 0.25) is 10.0 Å². The molecule has 0 radical (unpaired) electrons. The number of hydrogen-bond donors (Lipinski definition) is 1. The minimum atomic E-state index is -3.27. The standard InChI is InChI=1S/C14H21NO2S/c1-3-5-7-11-8-9-12-13(6-4-2)15-18(16,17)14(12)10-11/h8-10,13,15H,3-7H2,1-2H3/t13-/m0/s1. The summed E-state index contributed by atoms with van der Waals surface area (Å²) in [7, 11) is -3.27. The Morgan fingerprint density at radius 1 is 1.22 bits per heavy atom. The van der Waals surface area contributed by atoms with Crippen LogP contribution in [0.3, 0.4) is 0 Å². The van der Waals surface area contributed by atoms with Crippen molar-refractivity contribution in [2.24, 2.45) is 0 Å². The Morgan fingerprint density at radius 2 is 2.00 bits per heavy atom. The monoisotopic (exact) mass is 267 g/mol. The number of benzene rings is 1. The van der Waals surface area contributed by atoms with Crippen molar-refractivity contribution in [3.8, 4) is 0 Å². The number of hydrogen-bond acceptors (Lipinski definition) is 2. The summed E-state index contributed by atoms with van der Waals surface area (Å²) in [6.45, 7) is 4.21.